The lowest BCUT2D eigenvalue weighted by Crippen LogP contribution is -2.20. The number of fused-ring (bicyclic) bond motifs is 1. The van der Waals surface area contributed by atoms with E-state index in [1.54, 1.807) is 0 Å². The Morgan fingerprint density at radius 1 is 1.35 bits per heavy atom. The molecule has 0 radical (unpaired) electrons. The molecule has 0 saturated heterocycles. The van der Waals surface area contributed by atoms with Gasteiger partial charge in [0.05, 0.1) is 0 Å². The lowest BCUT2D eigenvalue weighted by Gasteiger charge is -2.08. The molecule has 0 unspecified atom stereocenters. The molecule has 5 nitrogen and oxygen atoms in total. The van der Waals surface area contributed by atoms with Gasteiger partial charge in [-0.2, -0.15) is 5.10 Å². The number of carbonyl (C=O) groups excluding carboxylic acids is 1. The number of aryl methyl sites for hydroxylation is 2. The summed E-state index contributed by atoms with van der Waals surface area (Å²) in [6.45, 7) is 2.00. The van der Waals surface area contributed by atoms with Crippen LogP contribution in [0.3, 0.4) is 0 Å². The second-order valence-corrected chi connectivity index (χ2v) is 6.51. The van der Waals surface area contributed by atoms with Crippen LogP contribution in [0, 0.1) is 6.92 Å². The first kappa shape index (κ1) is 14.3. The van der Waals surface area contributed by atoms with E-state index in [9.17, 15) is 4.79 Å². The summed E-state index contributed by atoms with van der Waals surface area (Å²) in [4.78, 5) is 12.1. The summed E-state index contributed by atoms with van der Waals surface area (Å²) in [5.74, 6) is 1.80. The van der Waals surface area contributed by atoms with Crippen molar-refractivity contribution in [2.75, 3.05) is 11.9 Å². The van der Waals surface area contributed by atoms with Crippen molar-refractivity contribution in [1.82, 2.24) is 10.2 Å². The third-order valence-corrected chi connectivity index (χ3v) is 4.73. The molecule has 2 aliphatic carbocycles. The van der Waals surface area contributed by atoms with Crippen molar-refractivity contribution >= 4 is 11.7 Å². The Balaban J connectivity index is 1.35. The van der Waals surface area contributed by atoms with Crippen LogP contribution in [0.5, 0.6) is 5.75 Å². The average Bonchev–Trinajstić information content (AvgIpc) is 3.17. The standard InChI is InChI=1S/C18H21N3O2/c1-11-17(13-5-6-13)20-21-18(11)19-16(22)10-23-15-8-7-12-3-2-4-14(12)9-15/h7-9,13H,2-6,10H2,1H3,(H2,19,20,21,22). The fourth-order valence-electron chi connectivity index (χ4n) is 3.26. The van der Waals surface area contributed by atoms with Gasteiger partial charge in [0.25, 0.3) is 5.91 Å². The zero-order valence-electron chi connectivity index (χ0n) is 13.3. The summed E-state index contributed by atoms with van der Waals surface area (Å²) in [5, 5.41) is 10.1. The van der Waals surface area contributed by atoms with Gasteiger partial charge in [-0.1, -0.05) is 6.07 Å². The number of nitrogens with zero attached hydrogens (tertiary/aromatic N) is 1. The molecule has 4 rings (SSSR count). The Kier molecular flexibility index (Phi) is 3.56. The first-order chi connectivity index (χ1) is 11.2. The van der Waals surface area contributed by atoms with Crippen LogP contribution in [0.1, 0.15) is 47.6 Å². The molecule has 5 heteroatoms. The van der Waals surface area contributed by atoms with E-state index in [0.717, 1.165) is 29.8 Å². The lowest BCUT2D eigenvalue weighted by molar-refractivity contribution is -0.118. The third kappa shape index (κ3) is 2.96. The molecule has 1 amide bonds. The Bertz CT molecular complexity index is 747. The second-order valence-electron chi connectivity index (χ2n) is 6.51. The first-order valence-electron chi connectivity index (χ1n) is 8.30. The third-order valence-electron chi connectivity index (χ3n) is 4.73. The number of hydrogen-bond donors (Lipinski definition) is 2. The van der Waals surface area contributed by atoms with E-state index < -0.39 is 0 Å². The normalized spacial score (nSPS) is 16.2. The fraction of sp³-hybridized carbons (Fsp3) is 0.444. The summed E-state index contributed by atoms with van der Waals surface area (Å²) < 4.78 is 5.62. The van der Waals surface area contributed by atoms with Crippen LogP contribution in [-0.2, 0) is 17.6 Å². The van der Waals surface area contributed by atoms with Crippen LogP contribution in [0.15, 0.2) is 18.2 Å². The highest BCUT2D eigenvalue weighted by Crippen LogP contribution is 2.41. The quantitative estimate of drug-likeness (QED) is 0.891. The van der Waals surface area contributed by atoms with Gasteiger partial charge in [0, 0.05) is 17.2 Å². The molecular formula is C18H21N3O2. The number of aromatic amines is 1. The highest BCUT2D eigenvalue weighted by atomic mass is 16.5. The van der Waals surface area contributed by atoms with Gasteiger partial charge < -0.3 is 10.1 Å². The van der Waals surface area contributed by atoms with Gasteiger partial charge in [0.2, 0.25) is 0 Å². The van der Waals surface area contributed by atoms with Crippen molar-refractivity contribution in [3.05, 3.63) is 40.6 Å². The van der Waals surface area contributed by atoms with Crippen molar-refractivity contribution in [2.24, 2.45) is 0 Å². The van der Waals surface area contributed by atoms with E-state index in [0.29, 0.717) is 11.7 Å². The predicted molar refractivity (Wildman–Crippen MR) is 87.9 cm³/mol. The molecule has 1 heterocycles. The molecule has 2 N–H and O–H groups in total. The van der Waals surface area contributed by atoms with Crippen LogP contribution in [-0.4, -0.2) is 22.7 Å². The first-order valence-corrected chi connectivity index (χ1v) is 8.30. The molecule has 23 heavy (non-hydrogen) atoms. The minimum Gasteiger partial charge on any atom is -0.484 e. The minimum atomic E-state index is -0.178. The maximum absolute atomic E-state index is 12.1. The van der Waals surface area contributed by atoms with Crippen LogP contribution in [0.4, 0.5) is 5.82 Å². The van der Waals surface area contributed by atoms with Crippen molar-refractivity contribution in [2.45, 2.75) is 44.9 Å². The van der Waals surface area contributed by atoms with Crippen molar-refractivity contribution in [3.63, 3.8) is 0 Å². The number of benzene rings is 1. The van der Waals surface area contributed by atoms with Gasteiger partial charge >= 0.3 is 0 Å². The maximum Gasteiger partial charge on any atom is 0.263 e. The van der Waals surface area contributed by atoms with Crippen molar-refractivity contribution in [1.29, 1.82) is 0 Å². The molecule has 1 aromatic carbocycles. The van der Waals surface area contributed by atoms with Gasteiger partial charge in [0.15, 0.2) is 12.4 Å². The number of rotatable bonds is 5. The Morgan fingerprint density at radius 2 is 2.17 bits per heavy atom. The number of hydrogen-bond acceptors (Lipinski definition) is 3. The molecule has 120 valence electrons. The SMILES string of the molecule is Cc1c(NC(=O)COc2ccc3c(c2)CCC3)n[nH]c1C1CC1. The average molecular weight is 311 g/mol. The highest BCUT2D eigenvalue weighted by molar-refractivity contribution is 5.91. The monoisotopic (exact) mass is 311 g/mol. The smallest absolute Gasteiger partial charge is 0.263 e. The van der Waals surface area contributed by atoms with E-state index in [-0.39, 0.29) is 12.5 Å². The summed E-state index contributed by atoms with van der Waals surface area (Å²) in [7, 11) is 0. The van der Waals surface area contributed by atoms with Crippen LogP contribution in [0.2, 0.25) is 0 Å². The molecule has 0 atom stereocenters. The molecule has 1 aromatic heterocycles. The number of amides is 1. The number of H-pyrrole nitrogens is 1. The van der Waals surface area contributed by atoms with Crippen molar-refractivity contribution < 1.29 is 9.53 Å². The van der Waals surface area contributed by atoms with E-state index in [1.165, 1.54) is 30.4 Å². The van der Waals surface area contributed by atoms with Crippen LogP contribution < -0.4 is 10.1 Å². The Labute approximate surface area is 135 Å². The zero-order valence-corrected chi connectivity index (χ0v) is 13.3. The fourth-order valence-corrected chi connectivity index (χ4v) is 3.26. The molecular weight excluding hydrogens is 290 g/mol. The summed E-state index contributed by atoms with van der Waals surface area (Å²) in [6, 6.07) is 6.11. The van der Waals surface area contributed by atoms with Crippen molar-refractivity contribution in [3.8, 4) is 5.75 Å². The number of nitrogens with one attached hydrogen (secondary N) is 2. The highest BCUT2D eigenvalue weighted by Gasteiger charge is 2.28. The molecule has 0 spiro atoms. The number of ether oxygens (including phenoxy) is 1. The Morgan fingerprint density at radius 3 is 3.00 bits per heavy atom. The minimum absolute atomic E-state index is 0.00382. The van der Waals surface area contributed by atoms with Gasteiger partial charge in [0.1, 0.15) is 5.75 Å². The van der Waals surface area contributed by atoms with Crippen LogP contribution >= 0.6 is 0 Å². The lowest BCUT2D eigenvalue weighted by atomic mass is 10.1. The maximum atomic E-state index is 12.1. The van der Waals surface area contributed by atoms with E-state index in [2.05, 4.69) is 27.6 Å². The van der Waals surface area contributed by atoms with E-state index >= 15 is 0 Å². The molecule has 1 saturated carbocycles. The number of anilines is 1. The largest absolute Gasteiger partial charge is 0.484 e. The molecule has 2 aliphatic rings. The zero-order chi connectivity index (χ0) is 15.8. The summed E-state index contributed by atoms with van der Waals surface area (Å²) >= 11 is 0. The van der Waals surface area contributed by atoms with Gasteiger partial charge in [-0.05, 0) is 62.3 Å². The topological polar surface area (TPSA) is 67.0 Å². The summed E-state index contributed by atoms with van der Waals surface area (Å²) in [6.07, 6.45) is 5.88. The number of carbonyl (C=O) groups is 1. The number of aromatic nitrogens is 2. The van der Waals surface area contributed by atoms with Gasteiger partial charge in [-0.3, -0.25) is 9.89 Å². The molecule has 0 aliphatic heterocycles. The summed E-state index contributed by atoms with van der Waals surface area (Å²) in [5.41, 5.74) is 4.94. The molecule has 0 bridgehead atoms. The van der Waals surface area contributed by atoms with E-state index in [1.807, 2.05) is 13.0 Å². The predicted octanol–water partition coefficient (Wildman–Crippen LogP) is 3.10. The van der Waals surface area contributed by atoms with E-state index in [4.69, 9.17) is 4.74 Å². The molecule has 1 fully saturated rings. The van der Waals surface area contributed by atoms with Gasteiger partial charge in [-0.25, -0.2) is 0 Å². The van der Waals surface area contributed by atoms with Crippen LogP contribution in [0.25, 0.3) is 0 Å². The van der Waals surface area contributed by atoms with Gasteiger partial charge in [-0.15, -0.1) is 0 Å². The molecule has 2 aromatic rings. The second kappa shape index (κ2) is 5.72. The Hall–Kier alpha value is -2.30.